The molecule has 0 saturated carbocycles. The number of aryl methyl sites for hydroxylation is 1. The Bertz CT molecular complexity index is 517. The zero-order valence-electron chi connectivity index (χ0n) is 12.2. The first-order valence-electron chi connectivity index (χ1n) is 6.67. The molecule has 108 valence electrons. The number of aliphatic hydroxyl groups excluding tert-OH is 1. The van der Waals surface area contributed by atoms with Gasteiger partial charge >= 0.3 is 0 Å². The molecule has 4 heteroatoms. The molecule has 1 rings (SSSR count). The highest BCUT2D eigenvalue weighted by atomic mass is 32.2. The molecule has 1 unspecified atom stereocenters. The summed E-state index contributed by atoms with van der Waals surface area (Å²) >= 11 is 1.81. The van der Waals surface area contributed by atoms with Crippen LogP contribution in [0.4, 0.5) is 0 Å². The standard InChI is InChI=1S/C16H21NO2S/c1-4-20-11-13(3)17-16(19)15-8-7-14(6-5-9-18)12(2)10-15/h7-8,10,13,18H,4,9,11H2,1-3H3,(H,17,19). The van der Waals surface area contributed by atoms with Gasteiger partial charge in [0.05, 0.1) is 0 Å². The van der Waals surface area contributed by atoms with Gasteiger partial charge in [0.2, 0.25) is 0 Å². The number of carbonyl (C=O) groups is 1. The highest BCUT2D eigenvalue weighted by molar-refractivity contribution is 7.99. The second-order valence-corrected chi connectivity index (χ2v) is 5.84. The fourth-order valence-corrected chi connectivity index (χ4v) is 2.40. The lowest BCUT2D eigenvalue weighted by atomic mass is 10.0. The molecule has 3 nitrogen and oxygen atoms in total. The Hall–Kier alpha value is -1.44. The van der Waals surface area contributed by atoms with Gasteiger partial charge in [-0.3, -0.25) is 4.79 Å². The molecule has 20 heavy (non-hydrogen) atoms. The van der Waals surface area contributed by atoms with Crippen molar-refractivity contribution < 1.29 is 9.90 Å². The third kappa shape index (κ3) is 5.28. The van der Waals surface area contributed by atoms with E-state index in [0.717, 1.165) is 22.6 Å². The van der Waals surface area contributed by atoms with E-state index in [2.05, 4.69) is 24.1 Å². The van der Waals surface area contributed by atoms with Crippen LogP contribution in [0.15, 0.2) is 18.2 Å². The Morgan fingerprint density at radius 1 is 1.50 bits per heavy atom. The first-order chi connectivity index (χ1) is 9.58. The summed E-state index contributed by atoms with van der Waals surface area (Å²) in [5.41, 5.74) is 2.42. The van der Waals surface area contributed by atoms with Gasteiger partial charge in [-0.15, -0.1) is 0 Å². The maximum atomic E-state index is 12.1. The van der Waals surface area contributed by atoms with Crippen molar-refractivity contribution in [3.8, 4) is 11.8 Å². The molecule has 2 N–H and O–H groups in total. The Balaban J connectivity index is 2.72. The van der Waals surface area contributed by atoms with E-state index in [1.54, 1.807) is 6.07 Å². The van der Waals surface area contributed by atoms with Crippen LogP contribution in [0.2, 0.25) is 0 Å². The molecule has 0 radical (unpaired) electrons. The average Bonchev–Trinajstić information content (AvgIpc) is 2.43. The molecule has 0 spiro atoms. The zero-order chi connectivity index (χ0) is 15.0. The molecular formula is C16H21NO2S. The van der Waals surface area contributed by atoms with Crippen molar-refractivity contribution in [1.29, 1.82) is 0 Å². The van der Waals surface area contributed by atoms with Crippen molar-refractivity contribution in [2.24, 2.45) is 0 Å². The summed E-state index contributed by atoms with van der Waals surface area (Å²) in [7, 11) is 0. The number of amides is 1. The molecule has 1 amide bonds. The van der Waals surface area contributed by atoms with Crippen LogP contribution in [0.1, 0.15) is 35.3 Å². The van der Waals surface area contributed by atoms with Crippen molar-refractivity contribution in [3.05, 3.63) is 34.9 Å². The molecule has 0 bridgehead atoms. The van der Waals surface area contributed by atoms with E-state index in [1.807, 2.05) is 37.7 Å². The van der Waals surface area contributed by atoms with Crippen molar-refractivity contribution in [1.82, 2.24) is 5.32 Å². The van der Waals surface area contributed by atoms with E-state index >= 15 is 0 Å². The highest BCUT2D eigenvalue weighted by Gasteiger charge is 2.10. The molecular weight excluding hydrogens is 270 g/mol. The lowest BCUT2D eigenvalue weighted by molar-refractivity contribution is 0.0943. The van der Waals surface area contributed by atoms with Gasteiger partial charge in [-0.1, -0.05) is 18.8 Å². The van der Waals surface area contributed by atoms with Crippen molar-refractivity contribution in [3.63, 3.8) is 0 Å². The third-order valence-electron chi connectivity index (χ3n) is 2.74. The summed E-state index contributed by atoms with van der Waals surface area (Å²) in [5.74, 6) is 7.39. The summed E-state index contributed by atoms with van der Waals surface area (Å²) in [6.07, 6.45) is 0. The molecule has 1 atom stereocenters. The van der Waals surface area contributed by atoms with Crippen molar-refractivity contribution in [2.75, 3.05) is 18.1 Å². The summed E-state index contributed by atoms with van der Waals surface area (Å²) in [4.78, 5) is 12.1. The molecule has 1 aromatic rings. The minimum Gasteiger partial charge on any atom is -0.384 e. The van der Waals surface area contributed by atoms with E-state index in [1.165, 1.54) is 0 Å². The number of hydrogen-bond donors (Lipinski definition) is 2. The lowest BCUT2D eigenvalue weighted by Crippen LogP contribution is -2.34. The summed E-state index contributed by atoms with van der Waals surface area (Å²) < 4.78 is 0. The van der Waals surface area contributed by atoms with Gasteiger partial charge in [0.25, 0.3) is 5.91 Å². The van der Waals surface area contributed by atoms with Crippen LogP contribution >= 0.6 is 11.8 Å². The van der Waals surface area contributed by atoms with E-state index < -0.39 is 0 Å². The van der Waals surface area contributed by atoms with Crippen LogP contribution in [0.3, 0.4) is 0 Å². The van der Waals surface area contributed by atoms with Crippen LogP contribution in [-0.4, -0.2) is 35.2 Å². The number of nitrogens with one attached hydrogen (secondary N) is 1. The van der Waals surface area contributed by atoms with Gasteiger partial charge < -0.3 is 10.4 Å². The third-order valence-corrected chi connectivity index (χ3v) is 3.88. The predicted molar refractivity (Wildman–Crippen MR) is 85.1 cm³/mol. The van der Waals surface area contributed by atoms with Crippen molar-refractivity contribution in [2.45, 2.75) is 26.8 Å². The quantitative estimate of drug-likeness (QED) is 0.818. The van der Waals surface area contributed by atoms with Crippen molar-refractivity contribution >= 4 is 17.7 Å². The minimum atomic E-state index is -0.158. The van der Waals surface area contributed by atoms with Gasteiger partial charge in [0.15, 0.2) is 0 Å². The highest BCUT2D eigenvalue weighted by Crippen LogP contribution is 2.11. The van der Waals surface area contributed by atoms with E-state index in [4.69, 9.17) is 5.11 Å². The van der Waals surface area contributed by atoms with Crippen LogP contribution in [0.5, 0.6) is 0 Å². The molecule has 0 fully saturated rings. The maximum absolute atomic E-state index is 12.1. The topological polar surface area (TPSA) is 49.3 Å². The average molecular weight is 291 g/mol. The van der Waals surface area contributed by atoms with Gasteiger partial charge in [0.1, 0.15) is 6.61 Å². The Labute approximate surface area is 125 Å². The molecule has 1 aromatic carbocycles. The van der Waals surface area contributed by atoms with Crippen LogP contribution in [0, 0.1) is 18.8 Å². The minimum absolute atomic E-state index is 0.0565. The van der Waals surface area contributed by atoms with Gasteiger partial charge in [-0.05, 0) is 43.4 Å². The van der Waals surface area contributed by atoms with Gasteiger partial charge in [-0.2, -0.15) is 11.8 Å². The molecule has 0 heterocycles. The Kier molecular flexibility index (Phi) is 7.21. The summed E-state index contributed by atoms with van der Waals surface area (Å²) in [6.45, 7) is 5.87. The van der Waals surface area contributed by atoms with Gasteiger partial charge in [-0.25, -0.2) is 0 Å². The van der Waals surface area contributed by atoms with E-state index in [9.17, 15) is 4.79 Å². The number of hydrogen-bond acceptors (Lipinski definition) is 3. The largest absolute Gasteiger partial charge is 0.384 e. The van der Waals surface area contributed by atoms with Gasteiger partial charge in [0, 0.05) is 22.9 Å². The molecule has 0 aliphatic carbocycles. The predicted octanol–water partition coefficient (Wildman–Crippen LogP) is 2.21. The van der Waals surface area contributed by atoms with E-state index in [0.29, 0.717) is 5.56 Å². The summed E-state index contributed by atoms with van der Waals surface area (Å²) in [6, 6.07) is 5.57. The van der Waals surface area contributed by atoms with Crippen LogP contribution in [-0.2, 0) is 0 Å². The first kappa shape index (κ1) is 16.6. The zero-order valence-corrected chi connectivity index (χ0v) is 13.0. The molecule has 0 saturated heterocycles. The number of carbonyl (C=O) groups excluding carboxylic acids is 1. The number of benzene rings is 1. The number of aliphatic hydroxyl groups is 1. The fraction of sp³-hybridized carbons (Fsp3) is 0.438. The lowest BCUT2D eigenvalue weighted by Gasteiger charge is -2.13. The van der Waals surface area contributed by atoms with Crippen LogP contribution < -0.4 is 5.32 Å². The fourth-order valence-electron chi connectivity index (χ4n) is 1.72. The normalized spacial score (nSPS) is 11.4. The number of thioether (sulfide) groups is 1. The monoisotopic (exact) mass is 291 g/mol. The molecule has 0 aromatic heterocycles. The SMILES string of the molecule is CCSCC(C)NC(=O)c1ccc(C#CCO)c(C)c1. The van der Waals surface area contributed by atoms with Crippen LogP contribution in [0.25, 0.3) is 0 Å². The number of rotatable bonds is 5. The second kappa shape index (κ2) is 8.68. The Morgan fingerprint density at radius 2 is 2.25 bits per heavy atom. The Morgan fingerprint density at radius 3 is 2.85 bits per heavy atom. The first-order valence-corrected chi connectivity index (χ1v) is 7.83. The maximum Gasteiger partial charge on any atom is 0.251 e. The molecule has 0 aliphatic rings. The second-order valence-electron chi connectivity index (χ2n) is 4.52. The smallest absolute Gasteiger partial charge is 0.251 e. The van der Waals surface area contributed by atoms with E-state index in [-0.39, 0.29) is 18.6 Å². The summed E-state index contributed by atoms with van der Waals surface area (Å²) in [5, 5.41) is 11.7. The molecule has 0 aliphatic heterocycles.